The summed E-state index contributed by atoms with van der Waals surface area (Å²) in [5.74, 6) is 0.0917. The van der Waals surface area contributed by atoms with E-state index in [0.29, 0.717) is 11.1 Å². The summed E-state index contributed by atoms with van der Waals surface area (Å²) in [7, 11) is 0. The van der Waals surface area contributed by atoms with E-state index in [1.807, 2.05) is 31.2 Å². The molecule has 2 N–H and O–H groups in total. The third kappa shape index (κ3) is 4.40. The van der Waals surface area contributed by atoms with Crippen molar-refractivity contribution in [1.82, 2.24) is 10.6 Å². The maximum Gasteiger partial charge on any atom is 0.233 e. The minimum Gasteiger partial charge on any atom is -0.352 e. The molecule has 0 bridgehead atoms. The Labute approximate surface area is 129 Å². The Balaban J connectivity index is 1.87. The van der Waals surface area contributed by atoms with Crippen LogP contribution < -0.4 is 10.6 Å². The van der Waals surface area contributed by atoms with Crippen molar-refractivity contribution in [2.24, 2.45) is 0 Å². The number of piperidine rings is 1. The number of benzene rings is 1. The molecule has 3 nitrogen and oxygen atoms in total. The summed E-state index contributed by atoms with van der Waals surface area (Å²) < 4.78 is 0. The second kappa shape index (κ2) is 7.34. The first kappa shape index (κ1) is 15.7. The van der Waals surface area contributed by atoms with Crippen LogP contribution in [0.25, 0.3) is 0 Å². The molecule has 1 aliphatic heterocycles. The van der Waals surface area contributed by atoms with Crippen molar-refractivity contribution in [3.8, 4) is 0 Å². The fraction of sp³-hybridized carbons (Fsp3) is 0.533. The van der Waals surface area contributed by atoms with Gasteiger partial charge in [0.25, 0.3) is 0 Å². The quantitative estimate of drug-likeness (QED) is 0.840. The molecule has 1 aromatic rings. The van der Waals surface area contributed by atoms with Crippen molar-refractivity contribution >= 4 is 29.3 Å². The summed E-state index contributed by atoms with van der Waals surface area (Å²) in [4.78, 5) is 13.2. The highest BCUT2D eigenvalue weighted by molar-refractivity contribution is 8.00. The fourth-order valence-corrected chi connectivity index (χ4v) is 3.53. The van der Waals surface area contributed by atoms with Crippen molar-refractivity contribution in [3.05, 3.63) is 29.3 Å². The maximum absolute atomic E-state index is 12.2. The number of hydrogen-bond acceptors (Lipinski definition) is 3. The van der Waals surface area contributed by atoms with Crippen LogP contribution in [0.4, 0.5) is 0 Å². The average Bonchev–Trinajstić information content (AvgIpc) is 2.41. The van der Waals surface area contributed by atoms with Gasteiger partial charge in [-0.2, -0.15) is 0 Å². The highest BCUT2D eigenvalue weighted by atomic mass is 35.5. The first-order valence-electron chi connectivity index (χ1n) is 7.01. The third-order valence-electron chi connectivity index (χ3n) is 3.48. The smallest absolute Gasteiger partial charge is 0.233 e. The molecule has 1 fully saturated rings. The lowest BCUT2D eigenvalue weighted by Crippen LogP contribution is -2.48. The van der Waals surface area contributed by atoms with Gasteiger partial charge in [0.1, 0.15) is 0 Å². The largest absolute Gasteiger partial charge is 0.352 e. The number of amides is 1. The third-order valence-corrected chi connectivity index (χ3v) is 5.10. The molecule has 0 spiro atoms. The normalized spacial score (nSPS) is 24.1. The summed E-state index contributed by atoms with van der Waals surface area (Å²) in [6.45, 7) is 5.05. The van der Waals surface area contributed by atoms with Crippen LogP contribution in [-0.2, 0) is 4.79 Å². The van der Waals surface area contributed by atoms with E-state index >= 15 is 0 Å². The van der Waals surface area contributed by atoms with Crippen LogP contribution in [-0.4, -0.2) is 29.8 Å². The molecule has 1 amide bonds. The maximum atomic E-state index is 12.2. The molecule has 1 aromatic carbocycles. The van der Waals surface area contributed by atoms with Crippen molar-refractivity contribution in [2.45, 2.75) is 48.9 Å². The fourth-order valence-electron chi connectivity index (χ4n) is 2.37. The van der Waals surface area contributed by atoms with E-state index in [9.17, 15) is 4.79 Å². The number of hydrogen-bond donors (Lipinski definition) is 2. The standard InChI is InChI=1S/C15H21ClN2OS/c1-10-9-12(7-8-17-10)18-15(19)11(2)20-14-6-4-3-5-13(14)16/h3-6,10-12,17H,7-9H2,1-2H3,(H,18,19). The number of halogens is 1. The molecule has 110 valence electrons. The van der Waals surface area contributed by atoms with Crippen LogP contribution in [0.3, 0.4) is 0 Å². The van der Waals surface area contributed by atoms with Gasteiger partial charge in [-0.1, -0.05) is 23.7 Å². The highest BCUT2D eigenvalue weighted by Crippen LogP contribution is 2.30. The molecule has 0 saturated carbocycles. The molecule has 2 rings (SSSR count). The molecule has 0 radical (unpaired) electrons. The summed E-state index contributed by atoms with van der Waals surface area (Å²) in [6, 6.07) is 8.39. The predicted molar refractivity (Wildman–Crippen MR) is 85.4 cm³/mol. The van der Waals surface area contributed by atoms with Gasteiger partial charge in [-0.25, -0.2) is 0 Å². The van der Waals surface area contributed by atoms with Gasteiger partial charge >= 0.3 is 0 Å². The molecule has 3 atom stereocenters. The van der Waals surface area contributed by atoms with Gasteiger partial charge in [0.05, 0.1) is 10.3 Å². The monoisotopic (exact) mass is 312 g/mol. The Bertz CT molecular complexity index is 469. The van der Waals surface area contributed by atoms with E-state index in [2.05, 4.69) is 17.6 Å². The van der Waals surface area contributed by atoms with Crippen LogP contribution in [0.15, 0.2) is 29.2 Å². The zero-order valence-electron chi connectivity index (χ0n) is 11.9. The van der Waals surface area contributed by atoms with E-state index in [1.54, 1.807) is 0 Å². The number of carbonyl (C=O) groups is 1. The van der Waals surface area contributed by atoms with E-state index in [-0.39, 0.29) is 17.2 Å². The lowest BCUT2D eigenvalue weighted by Gasteiger charge is -2.29. The lowest BCUT2D eigenvalue weighted by molar-refractivity contribution is -0.121. The Hall–Kier alpha value is -0.710. The van der Waals surface area contributed by atoms with Crippen LogP contribution >= 0.6 is 23.4 Å². The topological polar surface area (TPSA) is 41.1 Å². The number of rotatable bonds is 4. The van der Waals surface area contributed by atoms with Crippen LogP contribution in [0, 0.1) is 0 Å². The number of carbonyl (C=O) groups excluding carboxylic acids is 1. The summed E-state index contributed by atoms with van der Waals surface area (Å²) in [6.07, 6.45) is 1.99. The Morgan fingerprint density at radius 3 is 2.95 bits per heavy atom. The van der Waals surface area contributed by atoms with Crippen molar-refractivity contribution in [2.75, 3.05) is 6.54 Å². The SMILES string of the molecule is CC1CC(NC(=O)C(C)Sc2ccccc2Cl)CCN1. The minimum atomic E-state index is -0.139. The van der Waals surface area contributed by atoms with Gasteiger partial charge in [0.15, 0.2) is 0 Å². The minimum absolute atomic E-state index is 0.0917. The molecule has 1 heterocycles. The second-order valence-electron chi connectivity index (χ2n) is 5.28. The molecular formula is C15H21ClN2OS. The number of thioether (sulfide) groups is 1. The molecular weight excluding hydrogens is 292 g/mol. The van der Waals surface area contributed by atoms with Crippen LogP contribution in [0.1, 0.15) is 26.7 Å². The van der Waals surface area contributed by atoms with Crippen molar-refractivity contribution in [1.29, 1.82) is 0 Å². The van der Waals surface area contributed by atoms with Gasteiger partial charge < -0.3 is 10.6 Å². The Kier molecular flexibility index (Phi) is 5.75. The van der Waals surface area contributed by atoms with Gasteiger partial charge in [-0.05, 0) is 45.4 Å². The van der Waals surface area contributed by atoms with E-state index in [4.69, 9.17) is 11.6 Å². The number of nitrogens with one attached hydrogen (secondary N) is 2. The predicted octanol–water partition coefficient (Wildman–Crippen LogP) is 3.08. The van der Waals surface area contributed by atoms with Crippen LogP contribution in [0.5, 0.6) is 0 Å². The zero-order valence-corrected chi connectivity index (χ0v) is 13.4. The van der Waals surface area contributed by atoms with E-state index in [0.717, 1.165) is 24.3 Å². The molecule has 0 aromatic heterocycles. The average molecular weight is 313 g/mol. The van der Waals surface area contributed by atoms with Gasteiger partial charge in [0, 0.05) is 17.0 Å². The second-order valence-corrected chi connectivity index (χ2v) is 7.07. The first-order valence-corrected chi connectivity index (χ1v) is 8.27. The summed E-state index contributed by atoms with van der Waals surface area (Å²) in [5, 5.41) is 7.10. The highest BCUT2D eigenvalue weighted by Gasteiger charge is 2.23. The van der Waals surface area contributed by atoms with E-state index < -0.39 is 0 Å². The summed E-state index contributed by atoms with van der Waals surface area (Å²) >= 11 is 7.63. The molecule has 0 aliphatic carbocycles. The van der Waals surface area contributed by atoms with Crippen LogP contribution in [0.2, 0.25) is 5.02 Å². The molecule has 1 saturated heterocycles. The van der Waals surface area contributed by atoms with Crippen molar-refractivity contribution < 1.29 is 4.79 Å². The van der Waals surface area contributed by atoms with Gasteiger partial charge in [-0.3, -0.25) is 4.79 Å². The Morgan fingerprint density at radius 2 is 2.25 bits per heavy atom. The molecule has 5 heteroatoms. The lowest BCUT2D eigenvalue weighted by atomic mass is 10.0. The van der Waals surface area contributed by atoms with Gasteiger partial charge in [0.2, 0.25) is 5.91 Å². The van der Waals surface area contributed by atoms with E-state index in [1.165, 1.54) is 11.8 Å². The first-order chi connectivity index (χ1) is 9.56. The molecule has 1 aliphatic rings. The van der Waals surface area contributed by atoms with Crippen molar-refractivity contribution in [3.63, 3.8) is 0 Å². The van der Waals surface area contributed by atoms with Gasteiger partial charge in [-0.15, -0.1) is 11.8 Å². The Morgan fingerprint density at radius 1 is 1.50 bits per heavy atom. The molecule has 3 unspecified atom stereocenters. The summed E-state index contributed by atoms with van der Waals surface area (Å²) in [5.41, 5.74) is 0. The molecule has 20 heavy (non-hydrogen) atoms. The zero-order chi connectivity index (χ0) is 14.5.